The van der Waals surface area contributed by atoms with E-state index < -0.39 is 29.2 Å². The van der Waals surface area contributed by atoms with Crippen LogP contribution in [0.1, 0.15) is 35.8 Å². The molecule has 162 valence electrons. The number of hydrogen-bond acceptors (Lipinski definition) is 6. The van der Waals surface area contributed by atoms with Crippen LogP contribution in [0.5, 0.6) is 0 Å². The molecule has 0 radical (unpaired) electrons. The Balaban J connectivity index is 2.11. The van der Waals surface area contributed by atoms with Gasteiger partial charge in [-0.05, 0) is 49.7 Å². The fourth-order valence-electron chi connectivity index (χ4n) is 2.96. The van der Waals surface area contributed by atoms with Crippen molar-refractivity contribution in [1.82, 2.24) is 14.1 Å². The van der Waals surface area contributed by atoms with Crippen molar-refractivity contribution in [2.24, 2.45) is 0 Å². The maximum absolute atomic E-state index is 13.3. The number of carbonyl (C=O) groups is 1. The zero-order valence-corrected chi connectivity index (χ0v) is 17.8. The minimum Gasteiger partial charge on any atom is -0.465 e. The van der Waals surface area contributed by atoms with Gasteiger partial charge in [-0.15, -0.1) is 0 Å². The molecule has 0 saturated heterocycles. The summed E-state index contributed by atoms with van der Waals surface area (Å²) >= 11 is 6.05. The number of halogens is 2. The van der Waals surface area contributed by atoms with Crippen LogP contribution >= 0.6 is 11.6 Å². The predicted molar refractivity (Wildman–Crippen MR) is 115 cm³/mol. The maximum atomic E-state index is 13.3. The van der Waals surface area contributed by atoms with Gasteiger partial charge in [-0.3, -0.25) is 4.57 Å². The molecule has 0 bridgehead atoms. The fourth-order valence-corrected chi connectivity index (χ4v) is 3.15. The molecule has 0 fully saturated rings. The summed E-state index contributed by atoms with van der Waals surface area (Å²) in [6.07, 6.45) is 0. The van der Waals surface area contributed by atoms with Gasteiger partial charge in [0, 0.05) is 11.7 Å². The molecule has 1 N–H and O–H groups in total. The Bertz CT molecular complexity index is 1240. The van der Waals surface area contributed by atoms with Crippen LogP contribution in [0.15, 0.2) is 52.1 Å². The molecule has 2 aromatic carbocycles. The second-order valence-electron chi connectivity index (χ2n) is 6.99. The highest BCUT2D eigenvalue weighted by molar-refractivity contribution is 6.33. The summed E-state index contributed by atoms with van der Waals surface area (Å²) in [6, 6.07) is 9.69. The van der Waals surface area contributed by atoms with Crippen molar-refractivity contribution < 1.29 is 13.9 Å². The van der Waals surface area contributed by atoms with E-state index >= 15 is 0 Å². The van der Waals surface area contributed by atoms with E-state index in [1.54, 1.807) is 19.9 Å². The first kappa shape index (κ1) is 22.2. The van der Waals surface area contributed by atoms with Crippen LogP contribution in [0.2, 0.25) is 5.02 Å². The molecule has 3 aromatic rings. The highest BCUT2D eigenvalue weighted by Crippen LogP contribution is 2.23. The van der Waals surface area contributed by atoms with E-state index in [1.807, 2.05) is 0 Å². The Morgan fingerprint density at radius 3 is 2.48 bits per heavy atom. The average molecular weight is 447 g/mol. The molecule has 0 unspecified atom stereocenters. The molecule has 8 nitrogen and oxygen atoms in total. The van der Waals surface area contributed by atoms with E-state index in [0.29, 0.717) is 11.3 Å². The lowest BCUT2D eigenvalue weighted by molar-refractivity contribution is 0.0601. The first-order valence-electron chi connectivity index (χ1n) is 9.34. The molecule has 1 aromatic heterocycles. The third-order valence-corrected chi connectivity index (χ3v) is 4.83. The summed E-state index contributed by atoms with van der Waals surface area (Å²) in [5.41, 5.74) is -0.193. The Labute approximate surface area is 181 Å². The van der Waals surface area contributed by atoms with Crippen molar-refractivity contribution >= 4 is 29.2 Å². The predicted octanol–water partition coefficient (Wildman–Crippen LogP) is 3.36. The number of anilines is 2. The topological polar surface area (TPSA) is 95.2 Å². The summed E-state index contributed by atoms with van der Waals surface area (Å²) in [5, 5.41) is 3.08. The Kier molecular flexibility index (Phi) is 6.55. The molecular weight excluding hydrogens is 427 g/mol. The first-order chi connectivity index (χ1) is 14.7. The summed E-state index contributed by atoms with van der Waals surface area (Å²) in [7, 11) is 1.23. The van der Waals surface area contributed by atoms with Crippen molar-refractivity contribution in [3.63, 3.8) is 0 Å². The van der Waals surface area contributed by atoms with Crippen LogP contribution in [0.25, 0.3) is 0 Å². The molecular formula is C21H20ClFN4O4. The van der Waals surface area contributed by atoms with Crippen LogP contribution in [-0.2, 0) is 11.3 Å². The number of esters is 1. The summed E-state index contributed by atoms with van der Waals surface area (Å²) < 4.78 is 20.3. The van der Waals surface area contributed by atoms with E-state index in [0.717, 1.165) is 4.57 Å². The molecule has 3 rings (SSSR count). The molecule has 0 aliphatic carbocycles. The maximum Gasteiger partial charge on any atom is 0.355 e. The van der Waals surface area contributed by atoms with Crippen molar-refractivity contribution in [3.05, 3.63) is 85.4 Å². The Morgan fingerprint density at radius 1 is 1.19 bits per heavy atom. The second-order valence-corrected chi connectivity index (χ2v) is 7.40. The number of aromatic nitrogens is 3. The molecule has 0 spiro atoms. The Hall–Kier alpha value is -3.46. The highest BCUT2D eigenvalue weighted by atomic mass is 35.5. The van der Waals surface area contributed by atoms with Crippen molar-refractivity contribution in [2.45, 2.75) is 26.4 Å². The Morgan fingerprint density at radius 2 is 1.87 bits per heavy atom. The number of methoxy groups -OCH3 is 1. The smallest absolute Gasteiger partial charge is 0.355 e. The van der Waals surface area contributed by atoms with Gasteiger partial charge < -0.3 is 10.1 Å². The van der Waals surface area contributed by atoms with Gasteiger partial charge in [0.15, 0.2) is 0 Å². The lowest BCUT2D eigenvalue weighted by atomic mass is 10.2. The zero-order chi connectivity index (χ0) is 22.7. The number of benzene rings is 2. The molecule has 0 atom stereocenters. The average Bonchev–Trinajstić information content (AvgIpc) is 2.72. The summed E-state index contributed by atoms with van der Waals surface area (Å²) in [4.78, 5) is 41.5. The molecule has 10 heteroatoms. The SMILES string of the molecule is COC(=O)c1cc(Nc2nc(=O)n(C(C)C)c(=O)n2Cc2ccc(F)cc2)ccc1Cl. The lowest BCUT2D eigenvalue weighted by Crippen LogP contribution is -2.43. The van der Waals surface area contributed by atoms with Gasteiger partial charge >= 0.3 is 17.3 Å². The number of rotatable bonds is 6. The van der Waals surface area contributed by atoms with Crippen molar-refractivity contribution in [2.75, 3.05) is 12.4 Å². The van der Waals surface area contributed by atoms with Crippen LogP contribution in [0, 0.1) is 5.82 Å². The number of carbonyl (C=O) groups excluding carboxylic acids is 1. The largest absolute Gasteiger partial charge is 0.465 e. The minimum atomic E-state index is -0.722. The second kappa shape index (κ2) is 9.13. The van der Waals surface area contributed by atoms with Gasteiger partial charge in [0.25, 0.3) is 0 Å². The fraction of sp³-hybridized carbons (Fsp3) is 0.238. The van der Waals surface area contributed by atoms with Gasteiger partial charge in [-0.1, -0.05) is 23.7 Å². The molecule has 0 aliphatic heterocycles. The van der Waals surface area contributed by atoms with E-state index in [9.17, 15) is 18.8 Å². The number of ether oxygens (including phenoxy) is 1. The van der Waals surface area contributed by atoms with Crippen molar-refractivity contribution in [1.29, 1.82) is 0 Å². The molecule has 0 amide bonds. The number of nitrogens with zero attached hydrogens (tertiary/aromatic N) is 3. The zero-order valence-electron chi connectivity index (χ0n) is 17.1. The molecule has 0 saturated carbocycles. The van der Waals surface area contributed by atoms with Gasteiger partial charge in [0.1, 0.15) is 5.82 Å². The van der Waals surface area contributed by atoms with E-state index in [2.05, 4.69) is 10.3 Å². The van der Waals surface area contributed by atoms with E-state index in [-0.39, 0.29) is 23.1 Å². The summed E-state index contributed by atoms with van der Waals surface area (Å²) in [6.45, 7) is 3.43. The molecule has 31 heavy (non-hydrogen) atoms. The van der Waals surface area contributed by atoms with Gasteiger partial charge in [-0.2, -0.15) is 4.98 Å². The van der Waals surface area contributed by atoms with Crippen LogP contribution in [0.4, 0.5) is 16.0 Å². The van der Waals surface area contributed by atoms with Crippen molar-refractivity contribution in [3.8, 4) is 0 Å². The number of hydrogen-bond donors (Lipinski definition) is 1. The highest BCUT2D eigenvalue weighted by Gasteiger charge is 2.17. The van der Waals surface area contributed by atoms with Crippen LogP contribution < -0.4 is 16.7 Å². The van der Waals surface area contributed by atoms with E-state index in [1.165, 1.54) is 48.1 Å². The van der Waals surface area contributed by atoms with E-state index in [4.69, 9.17) is 16.3 Å². The third-order valence-electron chi connectivity index (χ3n) is 4.50. The van der Waals surface area contributed by atoms with Gasteiger partial charge in [0.2, 0.25) is 5.95 Å². The normalized spacial score (nSPS) is 10.9. The van der Waals surface area contributed by atoms with Crippen LogP contribution in [0.3, 0.4) is 0 Å². The lowest BCUT2D eigenvalue weighted by Gasteiger charge is -2.17. The number of nitrogens with one attached hydrogen (secondary N) is 1. The van der Waals surface area contributed by atoms with Gasteiger partial charge in [0.05, 0.1) is 24.2 Å². The minimum absolute atomic E-state index is 0.0330. The molecule has 0 aliphatic rings. The standard InChI is InChI=1S/C21H20ClFN4O4/c1-12(2)27-20(29)25-19(24-15-8-9-17(22)16(10-15)18(28)31-3)26(21(27)30)11-13-4-6-14(23)7-5-13/h4-10,12H,11H2,1-3H3,(H,24,25,29). The molecule has 1 heterocycles. The van der Waals surface area contributed by atoms with Crippen LogP contribution in [-0.4, -0.2) is 27.2 Å². The van der Waals surface area contributed by atoms with Gasteiger partial charge in [-0.25, -0.2) is 23.3 Å². The monoisotopic (exact) mass is 446 g/mol. The first-order valence-corrected chi connectivity index (χ1v) is 9.71. The third kappa shape index (κ3) is 4.83. The summed E-state index contributed by atoms with van der Waals surface area (Å²) in [5.74, 6) is -1.08. The quantitative estimate of drug-likeness (QED) is 0.583.